The summed E-state index contributed by atoms with van der Waals surface area (Å²) in [5.41, 5.74) is 12.6. The number of carbonyl (C=O) groups excluding carboxylic acids is 3. The number of aldehydes is 1. The van der Waals surface area contributed by atoms with Gasteiger partial charge < -0.3 is 26.9 Å². The largest absolute Gasteiger partial charge is 0.384 e. The molecule has 0 radical (unpaired) electrons. The predicted molar refractivity (Wildman–Crippen MR) is 111 cm³/mol. The van der Waals surface area contributed by atoms with Crippen molar-refractivity contribution in [3.05, 3.63) is 65.0 Å². The Morgan fingerprint density at radius 2 is 1.87 bits per heavy atom. The molecule has 1 fully saturated rings. The molecule has 1 unspecified atom stereocenters. The standard InChI is InChI=1S/C22H25FN4O3/c23-18-4-2-15(3-5-18)17(13-28)12-26-19-9-14(11-24)8-16(10-19)20(29)27-22(21(25)30)6-1-7-22/h2-5,8-10,13,17,26H,1,6-7,11-12,24H2,(H2,25,30)(H,27,29). The lowest BCUT2D eigenvalue weighted by atomic mass is 9.76. The molecule has 8 heteroatoms. The SMILES string of the molecule is NCc1cc(NCC(C=O)c2ccc(F)cc2)cc(C(=O)NC2(C(N)=O)CCC2)c1. The molecular formula is C22H25FN4O3. The zero-order valence-electron chi connectivity index (χ0n) is 16.5. The summed E-state index contributed by atoms with van der Waals surface area (Å²) in [6, 6.07) is 10.8. The van der Waals surface area contributed by atoms with Crippen molar-refractivity contribution in [3.8, 4) is 0 Å². The van der Waals surface area contributed by atoms with Gasteiger partial charge in [0.2, 0.25) is 5.91 Å². The van der Waals surface area contributed by atoms with Crippen molar-refractivity contribution in [2.75, 3.05) is 11.9 Å². The predicted octanol–water partition coefficient (Wildman–Crippen LogP) is 1.82. The quantitative estimate of drug-likeness (QED) is 0.467. The minimum atomic E-state index is -0.991. The first-order valence-corrected chi connectivity index (χ1v) is 9.78. The maximum Gasteiger partial charge on any atom is 0.252 e. The first-order chi connectivity index (χ1) is 14.4. The van der Waals surface area contributed by atoms with E-state index in [1.165, 1.54) is 12.1 Å². The third-order valence-electron chi connectivity index (χ3n) is 5.51. The van der Waals surface area contributed by atoms with Gasteiger partial charge in [0.1, 0.15) is 17.6 Å². The van der Waals surface area contributed by atoms with Crippen LogP contribution in [0.1, 0.15) is 46.7 Å². The van der Waals surface area contributed by atoms with Crippen LogP contribution in [0.25, 0.3) is 0 Å². The van der Waals surface area contributed by atoms with Crippen LogP contribution in [-0.2, 0) is 16.1 Å². The van der Waals surface area contributed by atoms with Gasteiger partial charge in [-0.2, -0.15) is 0 Å². The van der Waals surface area contributed by atoms with Crippen LogP contribution in [0.5, 0.6) is 0 Å². The molecule has 0 aromatic heterocycles. The fraction of sp³-hybridized carbons (Fsp3) is 0.318. The Balaban J connectivity index is 1.75. The van der Waals surface area contributed by atoms with E-state index in [1.807, 2.05) is 0 Å². The highest BCUT2D eigenvalue weighted by Gasteiger charge is 2.44. The zero-order valence-corrected chi connectivity index (χ0v) is 16.5. The summed E-state index contributed by atoms with van der Waals surface area (Å²) in [6.45, 7) is 0.473. The third-order valence-corrected chi connectivity index (χ3v) is 5.51. The molecule has 30 heavy (non-hydrogen) atoms. The van der Waals surface area contributed by atoms with Gasteiger partial charge in [-0.05, 0) is 60.7 Å². The van der Waals surface area contributed by atoms with Gasteiger partial charge in [-0.1, -0.05) is 12.1 Å². The fourth-order valence-corrected chi connectivity index (χ4v) is 3.48. The molecule has 1 atom stereocenters. The molecule has 0 aliphatic heterocycles. The van der Waals surface area contributed by atoms with E-state index in [4.69, 9.17) is 11.5 Å². The normalized spacial score (nSPS) is 15.5. The molecule has 2 amide bonds. The number of anilines is 1. The Bertz CT molecular complexity index is 942. The molecule has 0 spiro atoms. The Kier molecular flexibility index (Phi) is 6.47. The van der Waals surface area contributed by atoms with Crippen LogP contribution in [-0.4, -0.2) is 30.2 Å². The Morgan fingerprint density at radius 3 is 2.40 bits per heavy atom. The number of nitrogens with one attached hydrogen (secondary N) is 2. The minimum absolute atomic E-state index is 0.214. The van der Waals surface area contributed by atoms with Gasteiger partial charge in [-0.15, -0.1) is 0 Å². The Morgan fingerprint density at radius 1 is 1.17 bits per heavy atom. The number of benzene rings is 2. The topological polar surface area (TPSA) is 127 Å². The number of primary amides is 1. The highest BCUT2D eigenvalue weighted by Crippen LogP contribution is 2.32. The molecule has 3 rings (SSSR count). The summed E-state index contributed by atoms with van der Waals surface area (Å²) in [5.74, 6) is -1.80. The van der Waals surface area contributed by atoms with E-state index in [-0.39, 0.29) is 18.9 Å². The van der Waals surface area contributed by atoms with Crippen molar-refractivity contribution in [1.29, 1.82) is 0 Å². The smallest absolute Gasteiger partial charge is 0.252 e. The number of nitrogens with two attached hydrogens (primary N) is 2. The average molecular weight is 412 g/mol. The lowest BCUT2D eigenvalue weighted by Crippen LogP contribution is -2.61. The highest BCUT2D eigenvalue weighted by molar-refractivity contribution is 6.00. The number of rotatable bonds is 9. The van der Waals surface area contributed by atoms with Crippen LogP contribution in [0.4, 0.5) is 10.1 Å². The van der Waals surface area contributed by atoms with Crippen molar-refractivity contribution in [2.45, 2.75) is 37.3 Å². The lowest BCUT2D eigenvalue weighted by Gasteiger charge is -2.39. The molecule has 0 heterocycles. The van der Waals surface area contributed by atoms with E-state index in [0.29, 0.717) is 29.7 Å². The second-order valence-corrected chi connectivity index (χ2v) is 7.55. The van der Waals surface area contributed by atoms with E-state index in [9.17, 15) is 18.8 Å². The second-order valence-electron chi connectivity index (χ2n) is 7.55. The molecule has 2 aromatic rings. The maximum atomic E-state index is 13.1. The summed E-state index contributed by atoms with van der Waals surface area (Å²) >= 11 is 0. The van der Waals surface area contributed by atoms with Gasteiger partial charge in [0, 0.05) is 24.3 Å². The Hall–Kier alpha value is -3.26. The summed E-state index contributed by atoms with van der Waals surface area (Å²) in [4.78, 5) is 36.0. The summed E-state index contributed by atoms with van der Waals surface area (Å²) < 4.78 is 13.1. The van der Waals surface area contributed by atoms with Gasteiger partial charge in [0.25, 0.3) is 5.91 Å². The van der Waals surface area contributed by atoms with E-state index in [1.54, 1.807) is 30.3 Å². The van der Waals surface area contributed by atoms with Gasteiger partial charge in [-0.3, -0.25) is 9.59 Å². The van der Waals surface area contributed by atoms with Crippen molar-refractivity contribution < 1.29 is 18.8 Å². The summed E-state index contributed by atoms with van der Waals surface area (Å²) in [6.07, 6.45) is 2.66. The van der Waals surface area contributed by atoms with Crippen molar-refractivity contribution in [3.63, 3.8) is 0 Å². The number of hydrogen-bond acceptors (Lipinski definition) is 5. The van der Waals surface area contributed by atoms with Crippen molar-refractivity contribution in [2.24, 2.45) is 11.5 Å². The molecule has 0 saturated heterocycles. The monoisotopic (exact) mass is 412 g/mol. The highest BCUT2D eigenvalue weighted by atomic mass is 19.1. The number of halogens is 1. The molecule has 1 aliphatic rings. The summed E-state index contributed by atoms with van der Waals surface area (Å²) in [7, 11) is 0. The van der Waals surface area contributed by atoms with Crippen LogP contribution < -0.4 is 22.1 Å². The fourth-order valence-electron chi connectivity index (χ4n) is 3.48. The van der Waals surface area contributed by atoms with E-state index < -0.39 is 23.3 Å². The van der Waals surface area contributed by atoms with E-state index in [2.05, 4.69) is 10.6 Å². The van der Waals surface area contributed by atoms with Gasteiger partial charge >= 0.3 is 0 Å². The zero-order chi connectivity index (χ0) is 21.7. The minimum Gasteiger partial charge on any atom is -0.384 e. The molecular weight excluding hydrogens is 387 g/mol. The third kappa shape index (κ3) is 4.65. The molecule has 158 valence electrons. The van der Waals surface area contributed by atoms with Crippen LogP contribution in [0.15, 0.2) is 42.5 Å². The second kappa shape index (κ2) is 9.04. The van der Waals surface area contributed by atoms with Crippen molar-refractivity contribution in [1.82, 2.24) is 5.32 Å². The lowest BCUT2D eigenvalue weighted by molar-refractivity contribution is -0.127. The van der Waals surface area contributed by atoms with Crippen LogP contribution in [0, 0.1) is 5.82 Å². The van der Waals surface area contributed by atoms with Gasteiger partial charge in [0.05, 0.1) is 5.92 Å². The molecule has 1 saturated carbocycles. The molecule has 1 aliphatic carbocycles. The molecule has 7 nitrogen and oxygen atoms in total. The molecule has 6 N–H and O–H groups in total. The van der Waals surface area contributed by atoms with Gasteiger partial charge in [0.15, 0.2) is 0 Å². The number of hydrogen-bond donors (Lipinski definition) is 4. The number of carbonyl (C=O) groups is 3. The van der Waals surface area contributed by atoms with Crippen molar-refractivity contribution >= 4 is 23.8 Å². The first-order valence-electron chi connectivity index (χ1n) is 9.78. The van der Waals surface area contributed by atoms with Crippen LogP contribution in [0.3, 0.4) is 0 Å². The Labute approximate surface area is 174 Å². The molecule has 0 bridgehead atoms. The maximum absolute atomic E-state index is 13.1. The molecule has 2 aromatic carbocycles. The van der Waals surface area contributed by atoms with E-state index >= 15 is 0 Å². The van der Waals surface area contributed by atoms with E-state index in [0.717, 1.165) is 18.3 Å². The number of amides is 2. The van der Waals surface area contributed by atoms with Gasteiger partial charge in [-0.25, -0.2) is 4.39 Å². The summed E-state index contributed by atoms with van der Waals surface area (Å²) in [5, 5.41) is 5.90. The van der Waals surface area contributed by atoms with Crippen LogP contribution in [0.2, 0.25) is 0 Å². The van der Waals surface area contributed by atoms with Crippen LogP contribution >= 0.6 is 0 Å². The average Bonchev–Trinajstić information content (AvgIpc) is 2.71. The first kappa shape index (κ1) is 21.4.